The lowest BCUT2D eigenvalue weighted by Crippen LogP contribution is -2.35. The van der Waals surface area contributed by atoms with Crippen molar-refractivity contribution in [2.45, 2.75) is 19.9 Å². The van der Waals surface area contributed by atoms with Crippen molar-refractivity contribution in [2.75, 3.05) is 6.61 Å². The summed E-state index contributed by atoms with van der Waals surface area (Å²) in [6.07, 6.45) is 3.32. The number of amides is 1. The van der Waals surface area contributed by atoms with Gasteiger partial charge in [-0.05, 0) is 50.8 Å². The fraction of sp³-hybridized carbons (Fsp3) is 0.217. The average molecular weight is 481 g/mol. The van der Waals surface area contributed by atoms with Gasteiger partial charge in [0.2, 0.25) is 11.7 Å². The van der Waals surface area contributed by atoms with Gasteiger partial charge in [-0.25, -0.2) is 0 Å². The molecule has 0 aliphatic heterocycles. The minimum absolute atomic E-state index is 0.0436. The summed E-state index contributed by atoms with van der Waals surface area (Å²) in [6, 6.07) is 14.9. The first kappa shape index (κ1) is 21.0. The standard InChI is InChI=1S/C23H21BrN4O3/c1-14(2)21(23-27-22(28-31-23)16-9-11-25-12-10-16)26-19(29)13-30-18-8-7-15-5-3-4-6-17(15)20(18)24/h3-12,14,21H,13H2,1-2H3,(H,26,29). The Morgan fingerprint density at radius 1 is 1.13 bits per heavy atom. The van der Waals surface area contributed by atoms with Crippen LogP contribution in [0, 0.1) is 5.92 Å². The maximum Gasteiger partial charge on any atom is 0.258 e. The Bertz CT molecular complexity index is 1190. The lowest BCUT2D eigenvalue weighted by atomic mass is 10.0. The summed E-state index contributed by atoms with van der Waals surface area (Å²) in [5, 5.41) is 9.08. The second kappa shape index (κ2) is 9.26. The van der Waals surface area contributed by atoms with Crippen molar-refractivity contribution in [1.29, 1.82) is 0 Å². The van der Waals surface area contributed by atoms with E-state index in [-0.39, 0.29) is 18.4 Å². The first-order valence-electron chi connectivity index (χ1n) is 9.86. The van der Waals surface area contributed by atoms with Crippen LogP contribution >= 0.6 is 15.9 Å². The second-order valence-electron chi connectivity index (χ2n) is 7.37. The summed E-state index contributed by atoms with van der Waals surface area (Å²) in [4.78, 5) is 21.0. The number of nitrogens with zero attached hydrogens (tertiary/aromatic N) is 3. The predicted molar refractivity (Wildman–Crippen MR) is 120 cm³/mol. The number of carbonyl (C=O) groups excluding carboxylic acids is 1. The zero-order chi connectivity index (χ0) is 21.8. The maximum absolute atomic E-state index is 12.6. The quantitative estimate of drug-likeness (QED) is 0.402. The molecule has 2 aromatic heterocycles. The van der Waals surface area contributed by atoms with Gasteiger partial charge >= 0.3 is 0 Å². The van der Waals surface area contributed by atoms with Crippen LogP contribution in [0.4, 0.5) is 0 Å². The Morgan fingerprint density at radius 3 is 2.68 bits per heavy atom. The number of rotatable bonds is 7. The molecule has 8 heteroatoms. The second-order valence-corrected chi connectivity index (χ2v) is 8.16. The molecule has 0 radical (unpaired) electrons. The molecular weight excluding hydrogens is 460 g/mol. The van der Waals surface area contributed by atoms with E-state index in [1.165, 1.54) is 0 Å². The minimum atomic E-state index is -0.431. The molecule has 7 nitrogen and oxygen atoms in total. The highest BCUT2D eigenvalue weighted by Crippen LogP contribution is 2.33. The zero-order valence-electron chi connectivity index (χ0n) is 17.1. The lowest BCUT2D eigenvalue weighted by molar-refractivity contribution is -0.124. The number of halogens is 1. The molecule has 158 valence electrons. The number of hydrogen-bond acceptors (Lipinski definition) is 6. The molecule has 2 aromatic carbocycles. The number of aromatic nitrogens is 3. The van der Waals surface area contributed by atoms with Crippen LogP contribution in [0.25, 0.3) is 22.2 Å². The first-order chi connectivity index (χ1) is 15.0. The molecule has 0 fully saturated rings. The van der Waals surface area contributed by atoms with E-state index in [0.29, 0.717) is 17.5 Å². The molecule has 1 unspecified atom stereocenters. The average Bonchev–Trinajstić information content (AvgIpc) is 3.27. The number of nitrogens with one attached hydrogen (secondary N) is 1. The van der Waals surface area contributed by atoms with E-state index in [9.17, 15) is 4.79 Å². The van der Waals surface area contributed by atoms with Gasteiger partial charge in [-0.3, -0.25) is 9.78 Å². The van der Waals surface area contributed by atoms with Gasteiger partial charge < -0.3 is 14.6 Å². The number of pyridine rings is 1. The molecule has 0 aliphatic carbocycles. The largest absolute Gasteiger partial charge is 0.483 e. The molecule has 0 aliphatic rings. The lowest BCUT2D eigenvalue weighted by Gasteiger charge is -2.19. The SMILES string of the molecule is CC(C)C(NC(=O)COc1ccc2ccccc2c1Br)c1nc(-c2ccncc2)no1. The van der Waals surface area contributed by atoms with Gasteiger partial charge in [0.25, 0.3) is 5.91 Å². The smallest absolute Gasteiger partial charge is 0.258 e. The van der Waals surface area contributed by atoms with Gasteiger partial charge in [0.05, 0.1) is 4.47 Å². The first-order valence-corrected chi connectivity index (χ1v) is 10.7. The Kier molecular flexibility index (Phi) is 6.27. The Morgan fingerprint density at radius 2 is 1.90 bits per heavy atom. The van der Waals surface area contributed by atoms with Crippen molar-refractivity contribution in [3.63, 3.8) is 0 Å². The summed E-state index contributed by atoms with van der Waals surface area (Å²) in [6.45, 7) is 3.82. The van der Waals surface area contributed by atoms with Crippen LogP contribution in [-0.2, 0) is 4.79 Å². The van der Waals surface area contributed by atoms with Crippen LogP contribution < -0.4 is 10.1 Å². The minimum Gasteiger partial charge on any atom is -0.483 e. The highest BCUT2D eigenvalue weighted by atomic mass is 79.9. The molecule has 31 heavy (non-hydrogen) atoms. The highest BCUT2D eigenvalue weighted by molar-refractivity contribution is 9.10. The molecule has 2 heterocycles. The summed E-state index contributed by atoms with van der Waals surface area (Å²) < 4.78 is 12.0. The fourth-order valence-electron chi connectivity index (χ4n) is 3.18. The monoisotopic (exact) mass is 480 g/mol. The third kappa shape index (κ3) is 4.74. The topological polar surface area (TPSA) is 90.1 Å². The van der Waals surface area contributed by atoms with Crippen LogP contribution in [0.1, 0.15) is 25.8 Å². The normalized spacial score (nSPS) is 12.1. The van der Waals surface area contributed by atoms with Crippen molar-refractivity contribution < 1.29 is 14.1 Å². The molecule has 4 aromatic rings. The van der Waals surface area contributed by atoms with E-state index in [0.717, 1.165) is 20.8 Å². The molecule has 1 amide bonds. The van der Waals surface area contributed by atoms with Gasteiger partial charge in [0.15, 0.2) is 6.61 Å². The Labute approximate surface area is 188 Å². The van der Waals surface area contributed by atoms with Crippen LogP contribution in [0.5, 0.6) is 5.75 Å². The molecular formula is C23H21BrN4O3. The molecule has 4 rings (SSSR count). The molecule has 1 atom stereocenters. The van der Waals surface area contributed by atoms with Crippen LogP contribution in [0.3, 0.4) is 0 Å². The Hall–Kier alpha value is -3.26. The molecule has 1 N–H and O–H groups in total. The predicted octanol–water partition coefficient (Wildman–Crippen LogP) is 4.94. The van der Waals surface area contributed by atoms with Crippen molar-refractivity contribution in [1.82, 2.24) is 20.4 Å². The van der Waals surface area contributed by atoms with Crippen LogP contribution in [0.15, 0.2) is 69.9 Å². The molecule has 0 saturated carbocycles. The summed E-state index contributed by atoms with van der Waals surface area (Å²) in [5.41, 5.74) is 0.795. The summed E-state index contributed by atoms with van der Waals surface area (Å²) in [7, 11) is 0. The van der Waals surface area contributed by atoms with Crippen LogP contribution in [-0.4, -0.2) is 27.6 Å². The molecule has 0 spiro atoms. The van der Waals surface area contributed by atoms with E-state index in [4.69, 9.17) is 9.26 Å². The Balaban J connectivity index is 1.44. The summed E-state index contributed by atoms with van der Waals surface area (Å²) in [5.74, 6) is 1.17. The van der Waals surface area contributed by atoms with E-state index >= 15 is 0 Å². The van der Waals surface area contributed by atoms with E-state index in [2.05, 4.69) is 36.4 Å². The van der Waals surface area contributed by atoms with Crippen molar-refractivity contribution in [2.24, 2.45) is 5.92 Å². The summed E-state index contributed by atoms with van der Waals surface area (Å²) >= 11 is 3.57. The fourth-order valence-corrected chi connectivity index (χ4v) is 3.78. The van der Waals surface area contributed by atoms with Crippen LogP contribution in [0.2, 0.25) is 0 Å². The van der Waals surface area contributed by atoms with Gasteiger partial charge in [-0.2, -0.15) is 4.98 Å². The van der Waals surface area contributed by atoms with Crippen molar-refractivity contribution >= 4 is 32.6 Å². The number of hydrogen-bond donors (Lipinski definition) is 1. The van der Waals surface area contributed by atoms with Gasteiger partial charge in [-0.15, -0.1) is 0 Å². The third-order valence-corrected chi connectivity index (χ3v) is 5.63. The van der Waals surface area contributed by atoms with Crippen molar-refractivity contribution in [3.8, 4) is 17.1 Å². The maximum atomic E-state index is 12.6. The number of ether oxygens (including phenoxy) is 1. The third-order valence-electron chi connectivity index (χ3n) is 4.82. The number of fused-ring (bicyclic) bond motifs is 1. The zero-order valence-corrected chi connectivity index (χ0v) is 18.7. The van der Waals surface area contributed by atoms with Gasteiger partial charge in [-0.1, -0.05) is 49.3 Å². The van der Waals surface area contributed by atoms with E-state index < -0.39 is 6.04 Å². The van der Waals surface area contributed by atoms with E-state index in [1.54, 1.807) is 24.5 Å². The highest BCUT2D eigenvalue weighted by Gasteiger charge is 2.25. The molecule has 0 saturated heterocycles. The van der Waals surface area contributed by atoms with Gasteiger partial charge in [0.1, 0.15) is 11.8 Å². The van der Waals surface area contributed by atoms with Gasteiger partial charge in [0, 0.05) is 18.0 Å². The van der Waals surface area contributed by atoms with Crippen molar-refractivity contribution in [3.05, 3.63) is 71.3 Å². The number of benzene rings is 2. The van der Waals surface area contributed by atoms with E-state index in [1.807, 2.05) is 50.2 Å². The number of carbonyl (C=O) groups is 1. The molecule has 0 bridgehead atoms.